The van der Waals surface area contributed by atoms with Crippen LogP contribution in [0, 0.1) is 17.3 Å². The van der Waals surface area contributed by atoms with Crippen LogP contribution in [0.2, 0.25) is 0 Å². The van der Waals surface area contributed by atoms with E-state index in [2.05, 4.69) is 41.5 Å². The Balaban J connectivity index is 2.84. The van der Waals surface area contributed by atoms with Crippen LogP contribution in [0.4, 0.5) is 0 Å². The molecule has 0 N–H and O–H groups in total. The maximum Gasteiger partial charge on any atom is 0.312 e. The predicted octanol–water partition coefficient (Wildman–Crippen LogP) is 5.35. The SMILES string of the molecule is CCC1(OC(=O)C(C)(CC(C)C)C(C)C)CCCCC1. The van der Waals surface area contributed by atoms with E-state index in [0.29, 0.717) is 11.8 Å². The molecule has 0 saturated heterocycles. The Labute approximate surface area is 125 Å². The highest BCUT2D eigenvalue weighted by Gasteiger charge is 2.43. The second-order valence-corrected chi connectivity index (χ2v) is 7.66. The van der Waals surface area contributed by atoms with Crippen molar-refractivity contribution in [3.05, 3.63) is 0 Å². The van der Waals surface area contributed by atoms with Crippen LogP contribution in [0.3, 0.4) is 0 Å². The van der Waals surface area contributed by atoms with Gasteiger partial charge in [0.1, 0.15) is 5.60 Å². The molecule has 2 nitrogen and oxygen atoms in total. The monoisotopic (exact) mass is 282 g/mol. The summed E-state index contributed by atoms with van der Waals surface area (Å²) in [7, 11) is 0. The summed E-state index contributed by atoms with van der Waals surface area (Å²) in [6.07, 6.45) is 7.63. The fraction of sp³-hybridized carbons (Fsp3) is 0.944. The normalized spacial score (nSPS) is 21.8. The first kappa shape index (κ1) is 17.5. The van der Waals surface area contributed by atoms with Gasteiger partial charge in [0, 0.05) is 0 Å². The van der Waals surface area contributed by atoms with E-state index in [0.717, 1.165) is 25.7 Å². The molecule has 0 radical (unpaired) electrons. The number of esters is 1. The van der Waals surface area contributed by atoms with Crippen molar-refractivity contribution in [2.45, 2.75) is 92.1 Å². The second-order valence-electron chi connectivity index (χ2n) is 7.66. The van der Waals surface area contributed by atoms with Gasteiger partial charge in [-0.1, -0.05) is 41.0 Å². The molecule has 2 heteroatoms. The molecule has 0 aliphatic heterocycles. The topological polar surface area (TPSA) is 26.3 Å². The van der Waals surface area contributed by atoms with Gasteiger partial charge in [-0.2, -0.15) is 0 Å². The quantitative estimate of drug-likeness (QED) is 0.614. The van der Waals surface area contributed by atoms with Crippen LogP contribution in [-0.4, -0.2) is 11.6 Å². The molecule has 0 aromatic rings. The molecule has 0 aromatic heterocycles. The molecule has 1 unspecified atom stereocenters. The van der Waals surface area contributed by atoms with E-state index >= 15 is 0 Å². The predicted molar refractivity (Wildman–Crippen MR) is 84.6 cm³/mol. The summed E-state index contributed by atoms with van der Waals surface area (Å²) in [5.41, 5.74) is -0.532. The van der Waals surface area contributed by atoms with Gasteiger partial charge in [-0.3, -0.25) is 4.79 Å². The zero-order valence-corrected chi connectivity index (χ0v) is 14.4. The lowest BCUT2D eigenvalue weighted by molar-refractivity contribution is -0.179. The lowest BCUT2D eigenvalue weighted by atomic mass is 9.73. The van der Waals surface area contributed by atoms with Crippen LogP contribution in [0.1, 0.15) is 86.5 Å². The van der Waals surface area contributed by atoms with E-state index in [9.17, 15) is 4.79 Å². The standard InChI is InChI=1S/C18H34O2/c1-7-18(11-9-8-10-12-18)20-16(19)17(6,15(4)5)13-14(2)3/h14-15H,7-13H2,1-6H3. The molecule has 20 heavy (non-hydrogen) atoms. The Morgan fingerprint density at radius 2 is 1.70 bits per heavy atom. The zero-order valence-electron chi connectivity index (χ0n) is 14.4. The fourth-order valence-electron chi connectivity index (χ4n) is 3.44. The molecule has 0 heterocycles. The molecule has 0 amide bonds. The Bertz CT molecular complexity index is 313. The van der Waals surface area contributed by atoms with Crippen molar-refractivity contribution in [3.63, 3.8) is 0 Å². The lowest BCUT2D eigenvalue weighted by Crippen LogP contribution is -2.44. The molecule has 1 atom stereocenters. The van der Waals surface area contributed by atoms with Gasteiger partial charge in [-0.25, -0.2) is 0 Å². The number of carbonyl (C=O) groups is 1. The van der Waals surface area contributed by atoms with Crippen LogP contribution in [0.15, 0.2) is 0 Å². The van der Waals surface area contributed by atoms with Gasteiger partial charge in [0.2, 0.25) is 0 Å². The number of hydrogen-bond donors (Lipinski definition) is 0. The summed E-state index contributed by atoms with van der Waals surface area (Å²) in [6.45, 7) is 12.9. The van der Waals surface area contributed by atoms with Crippen molar-refractivity contribution in [1.29, 1.82) is 0 Å². The smallest absolute Gasteiger partial charge is 0.312 e. The first-order valence-electron chi connectivity index (χ1n) is 8.49. The third-order valence-electron chi connectivity index (χ3n) is 5.29. The van der Waals surface area contributed by atoms with Crippen molar-refractivity contribution in [1.82, 2.24) is 0 Å². The van der Waals surface area contributed by atoms with Crippen LogP contribution >= 0.6 is 0 Å². The van der Waals surface area contributed by atoms with E-state index < -0.39 is 0 Å². The lowest BCUT2D eigenvalue weighted by Gasteiger charge is -2.41. The Hall–Kier alpha value is -0.530. The zero-order chi connectivity index (χ0) is 15.4. The summed E-state index contributed by atoms with van der Waals surface area (Å²) >= 11 is 0. The average Bonchev–Trinajstić information content (AvgIpc) is 2.38. The highest BCUT2D eigenvalue weighted by Crippen LogP contribution is 2.41. The average molecular weight is 282 g/mol. The molecule has 1 fully saturated rings. The van der Waals surface area contributed by atoms with Gasteiger partial charge in [0.25, 0.3) is 0 Å². The maximum absolute atomic E-state index is 12.9. The van der Waals surface area contributed by atoms with Crippen LogP contribution in [0.25, 0.3) is 0 Å². The number of rotatable bonds is 6. The van der Waals surface area contributed by atoms with E-state index in [-0.39, 0.29) is 17.0 Å². The highest BCUT2D eigenvalue weighted by atomic mass is 16.6. The van der Waals surface area contributed by atoms with Crippen molar-refractivity contribution >= 4 is 5.97 Å². The number of ether oxygens (including phenoxy) is 1. The van der Waals surface area contributed by atoms with Gasteiger partial charge in [0.05, 0.1) is 5.41 Å². The molecule has 118 valence electrons. The van der Waals surface area contributed by atoms with Gasteiger partial charge < -0.3 is 4.74 Å². The minimum Gasteiger partial charge on any atom is -0.459 e. The Morgan fingerprint density at radius 1 is 1.15 bits per heavy atom. The highest BCUT2D eigenvalue weighted by molar-refractivity contribution is 5.77. The largest absolute Gasteiger partial charge is 0.459 e. The third-order valence-corrected chi connectivity index (χ3v) is 5.29. The summed E-state index contributed by atoms with van der Waals surface area (Å²) in [5.74, 6) is 0.860. The first-order chi connectivity index (χ1) is 9.26. The number of hydrogen-bond acceptors (Lipinski definition) is 2. The summed E-state index contributed by atoms with van der Waals surface area (Å²) < 4.78 is 6.12. The van der Waals surface area contributed by atoms with Crippen molar-refractivity contribution in [3.8, 4) is 0 Å². The Morgan fingerprint density at radius 3 is 2.10 bits per heavy atom. The third kappa shape index (κ3) is 3.99. The molecular weight excluding hydrogens is 248 g/mol. The minimum absolute atomic E-state index is 0.0324. The summed E-state index contributed by atoms with van der Waals surface area (Å²) in [6, 6.07) is 0. The van der Waals surface area contributed by atoms with E-state index in [1.54, 1.807) is 0 Å². The van der Waals surface area contributed by atoms with Crippen LogP contribution < -0.4 is 0 Å². The fourth-order valence-corrected chi connectivity index (χ4v) is 3.44. The van der Waals surface area contributed by atoms with Gasteiger partial charge in [0.15, 0.2) is 0 Å². The molecule has 1 rings (SSSR count). The first-order valence-corrected chi connectivity index (χ1v) is 8.49. The van der Waals surface area contributed by atoms with E-state index in [1.165, 1.54) is 19.3 Å². The molecule has 1 aliphatic carbocycles. The molecule has 0 bridgehead atoms. The van der Waals surface area contributed by atoms with Crippen LogP contribution in [-0.2, 0) is 9.53 Å². The summed E-state index contributed by atoms with van der Waals surface area (Å²) in [4.78, 5) is 12.9. The summed E-state index contributed by atoms with van der Waals surface area (Å²) in [5, 5.41) is 0. The van der Waals surface area contributed by atoms with Crippen molar-refractivity contribution < 1.29 is 9.53 Å². The van der Waals surface area contributed by atoms with Gasteiger partial charge >= 0.3 is 5.97 Å². The van der Waals surface area contributed by atoms with E-state index in [4.69, 9.17) is 4.74 Å². The maximum atomic E-state index is 12.9. The van der Waals surface area contributed by atoms with Gasteiger partial charge in [-0.15, -0.1) is 0 Å². The van der Waals surface area contributed by atoms with Crippen molar-refractivity contribution in [2.24, 2.45) is 17.3 Å². The minimum atomic E-state index is -0.353. The van der Waals surface area contributed by atoms with Crippen molar-refractivity contribution in [2.75, 3.05) is 0 Å². The second kappa shape index (κ2) is 6.95. The molecule has 1 aliphatic rings. The van der Waals surface area contributed by atoms with Gasteiger partial charge in [-0.05, 0) is 57.3 Å². The van der Waals surface area contributed by atoms with E-state index in [1.807, 2.05) is 0 Å². The molecule has 0 aromatic carbocycles. The van der Waals surface area contributed by atoms with Crippen LogP contribution in [0.5, 0.6) is 0 Å². The molecule has 1 saturated carbocycles. The Kier molecular flexibility index (Phi) is 6.09. The molecule has 0 spiro atoms. The molecular formula is C18H34O2. The number of carbonyl (C=O) groups excluding carboxylic acids is 1.